The van der Waals surface area contributed by atoms with Gasteiger partial charge in [-0.05, 0) is 58.0 Å². The summed E-state index contributed by atoms with van der Waals surface area (Å²) in [6.45, 7) is 12.1. The van der Waals surface area contributed by atoms with Gasteiger partial charge in [0.15, 0.2) is 11.9 Å². The number of halogens is 4. The number of benzene rings is 2. The third-order valence-corrected chi connectivity index (χ3v) is 7.88. The van der Waals surface area contributed by atoms with E-state index in [0.717, 1.165) is 49.1 Å². The highest BCUT2D eigenvalue weighted by molar-refractivity contribution is 6.43. The molecule has 0 aromatic heterocycles. The van der Waals surface area contributed by atoms with Crippen LogP contribution in [0.4, 0.5) is 22.7 Å². The normalized spacial score (nSPS) is 19.6. The van der Waals surface area contributed by atoms with Gasteiger partial charge in [0.1, 0.15) is 11.5 Å². The van der Waals surface area contributed by atoms with Gasteiger partial charge in [0.2, 0.25) is 0 Å². The molecule has 1 N–H and O–H groups in total. The van der Waals surface area contributed by atoms with Gasteiger partial charge in [-0.2, -0.15) is 0 Å². The first-order chi connectivity index (χ1) is 15.9. The molecule has 8 heteroatoms. The first-order valence-corrected chi connectivity index (χ1v) is 12.9. The minimum Gasteiger partial charge on any atom is -0.326 e. The Balaban J connectivity index is 1.69. The second-order valence-electron chi connectivity index (χ2n) is 8.05. The van der Waals surface area contributed by atoms with E-state index in [1.54, 1.807) is 0 Å². The highest BCUT2D eigenvalue weighted by atomic mass is 35.5. The van der Waals surface area contributed by atoms with Gasteiger partial charge in [0, 0.05) is 25.7 Å². The lowest BCUT2D eigenvalue weighted by Gasteiger charge is -2.25. The van der Waals surface area contributed by atoms with E-state index in [0.29, 0.717) is 20.1 Å². The second-order valence-corrected chi connectivity index (χ2v) is 9.68. The summed E-state index contributed by atoms with van der Waals surface area (Å²) >= 11 is 25.4. The molecule has 2 atom stereocenters. The van der Waals surface area contributed by atoms with Gasteiger partial charge in [-0.1, -0.05) is 52.5 Å². The standard InChI is InChI=1S/C25H28Cl4N4/c1-5-30-20-12-16(26)17(27)13-21(20)31(6-2)24(30)10-9-11-25-32(7-3)22-14-18(28)19(29)15-23(22)33(25)8-4/h9-15,24H,5-8H2,1-4H3/p+1. The monoisotopic (exact) mass is 525 g/mol. The van der Waals surface area contributed by atoms with E-state index >= 15 is 0 Å². The van der Waals surface area contributed by atoms with Crippen molar-refractivity contribution in [3.63, 3.8) is 0 Å². The minimum absolute atomic E-state index is 0.166. The van der Waals surface area contributed by atoms with Crippen molar-refractivity contribution >= 4 is 69.2 Å². The zero-order chi connectivity index (χ0) is 23.9. The van der Waals surface area contributed by atoms with E-state index in [1.165, 1.54) is 10.6 Å². The first kappa shape index (κ1) is 24.6. The van der Waals surface area contributed by atoms with E-state index < -0.39 is 0 Å². The molecular formula is C25H29Cl4N4+. The molecule has 0 fully saturated rings. The van der Waals surface area contributed by atoms with E-state index in [2.05, 4.69) is 60.6 Å². The van der Waals surface area contributed by atoms with Crippen molar-refractivity contribution in [2.45, 2.75) is 33.9 Å². The van der Waals surface area contributed by atoms with Crippen molar-refractivity contribution in [1.29, 1.82) is 0 Å². The van der Waals surface area contributed by atoms with Crippen LogP contribution < -0.4 is 19.6 Å². The van der Waals surface area contributed by atoms with Crippen molar-refractivity contribution in [3.8, 4) is 0 Å². The maximum absolute atomic E-state index is 6.35. The molecule has 0 radical (unpaired) electrons. The third kappa shape index (κ3) is 4.21. The van der Waals surface area contributed by atoms with Crippen LogP contribution in [0.15, 0.2) is 48.3 Å². The highest BCUT2D eigenvalue weighted by Gasteiger charge is 2.38. The summed E-state index contributed by atoms with van der Waals surface area (Å²) in [6.07, 6.45) is 6.77. The van der Waals surface area contributed by atoms with Gasteiger partial charge in [-0.15, -0.1) is 0 Å². The summed E-state index contributed by atoms with van der Waals surface area (Å²) in [5.41, 5.74) is 4.51. The predicted octanol–water partition coefficient (Wildman–Crippen LogP) is 6.77. The molecule has 2 aromatic carbocycles. The molecule has 4 nitrogen and oxygen atoms in total. The quantitative estimate of drug-likeness (QED) is 0.447. The third-order valence-electron chi connectivity index (χ3n) is 6.43. The zero-order valence-electron chi connectivity index (χ0n) is 19.3. The Morgan fingerprint density at radius 1 is 0.758 bits per heavy atom. The van der Waals surface area contributed by atoms with Crippen LogP contribution in [0.3, 0.4) is 0 Å². The molecule has 2 heterocycles. The largest absolute Gasteiger partial charge is 0.326 e. The number of nitrogens with zero attached hydrogens (tertiary/aromatic N) is 3. The summed E-state index contributed by atoms with van der Waals surface area (Å²) in [5.74, 6) is 1.12. The molecule has 2 aliphatic rings. The molecule has 0 saturated heterocycles. The molecule has 0 aliphatic carbocycles. The van der Waals surface area contributed by atoms with E-state index in [9.17, 15) is 0 Å². The number of nitrogens with one attached hydrogen (secondary N) is 1. The average Bonchev–Trinajstić information content (AvgIpc) is 3.24. The number of hydrogen-bond acceptors (Lipinski definition) is 3. The van der Waals surface area contributed by atoms with Crippen LogP contribution in [-0.4, -0.2) is 32.3 Å². The van der Waals surface area contributed by atoms with Crippen LogP contribution in [-0.2, 0) is 0 Å². The topological polar surface area (TPSA) is 14.2 Å². The Morgan fingerprint density at radius 3 is 1.76 bits per heavy atom. The Kier molecular flexibility index (Phi) is 7.42. The smallest absolute Gasteiger partial charge is 0.187 e. The average molecular weight is 527 g/mol. The van der Waals surface area contributed by atoms with E-state index in [4.69, 9.17) is 46.4 Å². The van der Waals surface area contributed by atoms with Gasteiger partial charge < -0.3 is 14.7 Å². The van der Waals surface area contributed by atoms with E-state index in [-0.39, 0.29) is 6.17 Å². The Hall–Kier alpha value is -1.56. The number of likely N-dealkylation sites (N-methyl/N-ethyl adjacent to an activating group) is 2. The van der Waals surface area contributed by atoms with Crippen LogP contribution in [0, 0.1) is 0 Å². The lowest BCUT2D eigenvalue weighted by atomic mass is 10.2. The van der Waals surface area contributed by atoms with Gasteiger partial charge in [-0.3, -0.25) is 4.90 Å². The van der Waals surface area contributed by atoms with Crippen molar-refractivity contribution in [2.24, 2.45) is 0 Å². The van der Waals surface area contributed by atoms with Crippen molar-refractivity contribution in [2.75, 3.05) is 40.9 Å². The van der Waals surface area contributed by atoms with E-state index in [1.807, 2.05) is 24.3 Å². The molecule has 2 aromatic rings. The summed E-state index contributed by atoms with van der Waals surface area (Å²) < 4.78 is 0. The Labute approximate surface area is 216 Å². The number of quaternary nitrogens is 1. The van der Waals surface area contributed by atoms with Crippen LogP contribution in [0.25, 0.3) is 0 Å². The van der Waals surface area contributed by atoms with Gasteiger partial charge in [0.25, 0.3) is 0 Å². The summed E-state index contributed by atoms with van der Waals surface area (Å²) in [5, 5.41) is 2.34. The molecule has 2 aliphatic heterocycles. The lowest BCUT2D eigenvalue weighted by Crippen LogP contribution is -3.10. The molecule has 0 amide bonds. The molecule has 176 valence electrons. The molecule has 0 saturated carbocycles. The fraction of sp³-hybridized carbons (Fsp3) is 0.360. The maximum Gasteiger partial charge on any atom is 0.187 e. The van der Waals surface area contributed by atoms with Crippen LogP contribution in [0.1, 0.15) is 27.7 Å². The fourth-order valence-electron chi connectivity index (χ4n) is 4.96. The molecular weight excluding hydrogens is 498 g/mol. The number of hydrogen-bond donors (Lipinski definition) is 1. The molecule has 4 rings (SSSR count). The maximum atomic E-state index is 6.35. The van der Waals surface area contributed by atoms with Crippen LogP contribution >= 0.6 is 46.4 Å². The highest BCUT2D eigenvalue weighted by Crippen LogP contribution is 2.45. The lowest BCUT2D eigenvalue weighted by molar-refractivity contribution is -0.843. The molecule has 2 unspecified atom stereocenters. The fourth-order valence-corrected chi connectivity index (χ4v) is 5.59. The van der Waals surface area contributed by atoms with Crippen molar-refractivity contribution in [1.82, 2.24) is 0 Å². The van der Waals surface area contributed by atoms with Crippen molar-refractivity contribution in [3.05, 3.63) is 68.4 Å². The number of allylic oxidation sites excluding steroid dienone is 2. The van der Waals surface area contributed by atoms with Gasteiger partial charge in [0.05, 0.1) is 38.0 Å². The Morgan fingerprint density at radius 2 is 1.27 bits per heavy atom. The molecule has 33 heavy (non-hydrogen) atoms. The summed E-state index contributed by atoms with van der Waals surface area (Å²) in [4.78, 5) is 8.28. The SMILES string of the molecule is CCN1C(=CC=CC2N(CC)c3cc(Cl)c(Cl)cc3[NH+]2CC)N(CC)c2cc(Cl)c(Cl)cc21. The second kappa shape index (κ2) is 9.97. The van der Waals surface area contributed by atoms with Crippen LogP contribution in [0.5, 0.6) is 0 Å². The molecule has 0 spiro atoms. The summed E-state index contributed by atoms with van der Waals surface area (Å²) in [6, 6.07) is 7.91. The van der Waals surface area contributed by atoms with Crippen molar-refractivity contribution < 1.29 is 4.90 Å². The first-order valence-electron chi connectivity index (χ1n) is 11.4. The van der Waals surface area contributed by atoms with Gasteiger partial charge in [-0.25, -0.2) is 0 Å². The predicted molar refractivity (Wildman–Crippen MR) is 144 cm³/mol. The number of anilines is 3. The van der Waals surface area contributed by atoms with Gasteiger partial charge >= 0.3 is 0 Å². The summed E-state index contributed by atoms with van der Waals surface area (Å²) in [7, 11) is 0. The number of fused-ring (bicyclic) bond motifs is 2. The van der Waals surface area contributed by atoms with Crippen LogP contribution in [0.2, 0.25) is 20.1 Å². The molecule has 0 bridgehead atoms. The minimum atomic E-state index is 0.166. The Bertz CT molecular complexity index is 1040. The number of rotatable bonds is 6. The zero-order valence-corrected chi connectivity index (χ0v) is 22.3.